The second-order valence-electron chi connectivity index (χ2n) is 3.86. The number of carbonyl (C=O) groups excluding carboxylic acids is 1. The van der Waals surface area contributed by atoms with Crippen molar-refractivity contribution >= 4 is 12.4 Å². The van der Waals surface area contributed by atoms with Gasteiger partial charge in [-0.3, -0.25) is 9.59 Å². The van der Waals surface area contributed by atoms with Crippen LogP contribution < -0.4 is 19.5 Å². The molecule has 0 aromatic heterocycles. The summed E-state index contributed by atoms with van der Waals surface area (Å²) >= 11 is 0. The van der Waals surface area contributed by atoms with Crippen molar-refractivity contribution in [3.63, 3.8) is 0 Å². The van der Waals surface area contributed by atoms with Gasteiger partial charge in [0.05, 0.1) is 33.8 Å². The molecule has 0 unspecified atom stereocenters. The summed E-state index contributed by atoms with van der Waals surface area (Å²) in [5.41, 5.74) is 0.500. The van der Waals surface area contributed by atoms with Crippen molar-refractivity contribution < 1.29 is 28.9 Å². The molecule has 0 fully saturated rings. The van der Waals surface area contributed by atoms with Crippen LogP contribution >= 0.6 is 0 Å². The van der Waals surface area contributed by atoms with Crippen molar-refractivity contribution in [2.24, 2.45) is 0 Å². The highest BCUT2D eigenvalue weighted by Gasteiger charge is 2.23. The van der Waals surface area contributed by atoms with Gasteiger partial charge in [-0.1, -0.05) is 0 Å². The largest absolute Gasteiger partial charge is 0.493 e. The summed E-state index contributed by atoms with van der Waals surface area (Å²) in [4.78, 5) is 21.5. The molecule has 7 nitrogen and oxygen atoms in total. The van der Waals surface area contributed by atoms with Crippen LogP contribution in [0, 0.1) is 0 Å². The van der Waals surface area contributed by atoms with Gasteiger partial charge in [0, 0.05) is 5.56 Å². The summed E-state index contributed by atoms with van der Waals surface area (Å²) in [5.74, 6) is 0.0810. The number of carbonyl (C=O) groups is 2. The Morgan fingerprint density at radius 3 is 2.35 bits per heavy atom. The quantitative estimate of drug-likeness (QED) is 0.690. The van der Waals surface area contributed by atoms with Crippen LogP contribution in [-0.2, 0) is 9.59 Å². The molecule has 1 aromatic carbocycles. The van der Waals surface area contributed by atoms with Crippen molar-refractivity contribution in [2.75, 3.05) is 21.3 Å². The number of methoxy groups -OCH3 is 3. The summed E-state index contributed by atoms with van der Waals surface area (Å²) in [6.45, 7) is 0. The van der Waals surface area contributed by atoms with Gasteiger partial charge in [0.25, 0.3) is 0 Å². The van der Waals surface area contributed by atoms with E-state index in [9.17, 15) is 9.59 Å². The molecule has 1 aromatic rings. The molecule has 0 aliphatic rings. The number of nitrogens with one attached hydrogen (secondary N) is 1. The fraction of sp³-hybridized carbons (Fsp3) is 0.385. The Labute approximate surface area is 116 Å². The normalized spacial score (nSPS) is 11.3. The van der Waals surface area contributed by atoms with E-state index in [0.717, 1.165) is 0 Å². The van der Waals surface area contributed by atoms with Crippen molar-refractivity contribution in [1.29, 1.82) is 0 Å². The Morgan fingerprint density at radius 2 is 1.90 bits per heavy atom. The fourth-order valence-electron chi connectivity index (χ4n) is 1.91. The minimum Gasteiger partial charge on any atom is -0.493 e. The number of rotatable bonds is 8. The van der Waals surface area contributed by atoms with E-state index in [0.29, 0.717) is 29.2 Å². The first-order chi connectivity index (χ1) is 9.58. The topological polar surface area (TPSA) is 94.1 Å². The second kappa shape index (κ2) is 7.22. The van der Waals surface area contributed by atoms with E-state index in [1.165, 1.54) is 21.3 Å². The first-order valence-electron chi connectivity index (χ1n) is 5.79. The third kappa shape index (κ3) is 3.31. The van der Waals surface area contributed by atoms with E-state index < -0.39 is 12.0 Å². The first-order valence-corrected chi connectivity index (χ1v) is 5.79. The van der Waals surface area contributed by atoms with E-state index in [2.05, 4.69) is 5.32 Å². The molecule has 7 heteroatoms. The third-order valence-electron chi connectivity index (χ3n) is 2.76. The number of hydrogen-bond acceptors (Lipinski definition) is 5. The summed E-state index contributed by atoms with van der Waals surface area (Å²) in [5, 5.41) is 11.4. The number of carboxylic acid groups (broad SMARTS) is 1. The van der Waals surface area contributed by atoms with Crippen molar-refractivity contribution in [3.05, 3.63) is 17.7 Å². The molecule has 0 saturated heterocycles. The number of ether oxygens (including phenoxy) is 3. The van der Waals surface area contributed by atoms with Crippen LogP contribution in [0.5, 0.6) is 17.2 Å². The Balaban J connectivity index is 3.33. The molecule has 0 bridgehead atoms. The molecule has 0 aliphatic heterocycles. The number of amides is 1. The smallest absolute Gasteiger partial charge is 0.305 e. The van der Waals surface area contributed by atoms with Crippen LogP contribution in [0.2, 0.25) is 0 Å². The van der Waals surface area contributed by atoms with Crippen molar-refractivity contribution in [3.8, 4) is 17.2 Å². The van der Waals surface area contributed by atoms with E-state index in [4.69, 9.17) is 19.3 Å². The maximum absolute atomic E-state index is 10.9. The Bertz CT molecular complexity index is 488. The maximum atomic E-state index is 10.9. The molecule has 0 heterocycles. The minimum atomic E-state index is -1.04. The summed E-state index contributed by atoms with van der Waals surface area (Å²) in [6, 6.07) is 2.53. The molecule has 0 saturated carbocycles. The van der Waals surface area contributed by atoms with Crippen LogP contribution in [0.25, 0.3) is 0 Å². The lowest BCUT2D eigenvalue weighted by molar-refractivity contribution is -0.137. The maximum Gasteiger partial charge on any atom is 0.305 e. The lowest BCUT2D eigenvalue weighted by atomic mass is 10.0. The molecule has 0 spiro atoms. The van der Waals surface area contributed by atoms with Crippen LogP contribution in [0.3, 0.4) is 0 Å². The number of aliphatic carboxylic acids is 1. The predicted molar refractivity (Wildman–Crippen MR) is 70.3 cm³/mol. The van der Waals surface area contributed by atoms with Crippen molar-refractivity contribution in [2.45, 2.75) is 12.5 Å². The summed E-state index contributed by atoms with van der Waals surface area (Å²) in [7, 11) is 4.36. The predicted octanol–water partition coefficient (Wildman–Crippen LogP) is 0.974. The second-order valence-corrected chi connectivity index (χ2v) is 3.86. The average Bonchev–Trinajstić information content (AvgIpc) is 2.44. The first kappa shape index (κ1) is 15.6. The SMILES string of the molecule is COc1ccc([C@H](CC(=O)O)NC=O)c(OC)c1OC. The molecular formula is C13H17NO6. The number of hydrogen-bond donors (Lipinski definition) is 2. The summed E-state index contributed by atoms with van der Waals surface area (Å²) in [6.07, 6.45) is 0.175. The van der Waals surface area contributed by atoms with Crippen molar-refractivity contribution in [1.82, 2.24) is 5.32 Å². The molecule has 110 valence electrons. The molecule has 0 radical (unpaired) electrons. The number of benzene rings is 1. The van der Waals surface area contributed by atoms with Gasteiger partial charge in [-0.15, -0.1) is 0 Å². The van der Waals surface area contributed by atoms with Crippen LogP contribution in [-0.4, -0.2) is 38.8 Å². The van der Waals surface area contributed by atoms with Crippen LogP contribution in [0.1, 0.15) is 18.0 Å². The van der Waals surface area contributed by atoms with E-state index in [1.807, 2.05) is 0 Å². The molecule has 1 atom stereocenters. The van der Waals surface area contributed by atoms with Gasteiger partial charge in [-0.25, -0.2) is 0 Å². The lowest BCUT2D eigenvalue weighted by Crippen LogP contribution is -2.23. The molecular weight excluding hydrogens is 266 g/mol. The third-order valence-corrected chi connectivity index (χ3v) is 2.76. The van der Waals surface area contributed by atoms with Gasteiger partial charge < -0.3 is 24.6 Å². The van der Waals surface area contributed by atoms with Gasteiger partial charge in [-0.2, -0.15) is 0 Å². The Hall–Kier alpha value is -2.44. The summed E-state index contributed by atoms with van der Waals surface area (Å²) < 4.78 is 15.6. The van der Waals surface area contributed by atoms with Gasteiger partial charge in [0.2, 0.25) is 12.2 Å². The van der Waals surface area contributed by atoms with Gasteiger partial charge in [0.15, 0.2) is 11.5 Å². The van der Waals surface area contributed by atoms with E-state index >= 15 is 0 Å². The minimum absolute atomic E-state index is 0.273. The Morgan fingerprint density at radius 1 is 1.25 bits per heavy atom. The fourth-order valence-corrected chi connectivity index (χ4v) is 1.91. The standard InChI is InChI=1S/C13H17NO6/c1-18-10-5-4-8(12(19-2)13(10)20-3)9(14-7-15)6-11(16)17/h4-5,7,9H,6H2,1-3H3,(H,14,15)(H,16,17)/t9-/m0/s1. The number of carboxylic acids is 1. The highest BCUT2D eigenvalue weighted by molar-refractivity contribution is 5.70. The van der Waals surface area contributed by atoms with Crippen LogP contribution in [0.15, 0.2) is 12.1 Å². The van der Waals surface area contributed by atoms with E-state index in [-0.39, 0.29) is 6.42 Å². The zero-order valence-corrected chi connectivity index (χ0v) is 11.5. The molecule has 1 amide bonds. The zero-order chi connectivity index (χ0) is 15.1. The average molecular weight is 283 g/mol. The molecule has 1 rings (SSSR count). The van der Waals surface area contributed by atoms with E-state index in [1.54, 1.807) is 12.1 Å². The highest BCUT2D eigenvalue weighted by atomic mass is 16.5. The monoisotopic (exact) mass is 283 g/mol. The molecule has 2 N–H and O–H groups in total. The zero-order valence-electron chi connectivity index (χ0n) is 11.5. The van der Waals surface area contributed by atoms with Crippen LogP contribution in [0.4, 0.5) is 0 Å². The van der Waals surface area contributed by atoms with Gasteiger partial charge in [-0.05, 0) is 12.1 Å². The molecule has 20 heavy (non-hydrogen) atoms. The van der Waals surface area contributed by atoms with Gasteiger partial charge >= 0.3 is 5.97 Å². The van der Waals surface area contributed by atoms with Gasteiger partial charge in [0.1, 0.15) is 0 Å². The highest BCUT2D eigenvalue weighted by Crippen LogP contribution is 2.42. The molecule has 0 aliphatic carbocycles. The lowest BCUT2D eigenvalue weighted by Gasteiger charge is -2.20. The Kier molecular flexibility index (Phi) is 5.64.